The Bertz CT molecular complexity index is 1130. The fourth-order valence-corrected chi connectivity index (χ4v) is 7.35. The number of halogens is 1. The molecule has 2 unspecified atom stereocenters. The molecule has 5 saturated carbocycles. The van der Waals surface area contributed by atoms with E-state index in [0.717, 1.165) is 44.6 Å². The van der Waals surface area contributed by atoms with E-state index in [2.05, 4.69) is 17.6 Å². The molecule has 6 rings (SSSR count). The molecule has 220 valence electrons. The molecule has 0 spiro atoms. The van der Waals surface area contributed by atoms with Crippen LogP contribution < -0.4 is 20.1 Å². The van der Waals surface area contributed by atoms with E-state index in [4.69, 9.17) is 9.47 Å². The lowest BCUT2D eigenvalue weighted by molar-refractivity contribution is -0.150. The third-order valence-electron chi connectivity index (χ3n) is 10.4. The van der Waals surface area contributed by atoms with E-state index in [1.807, 2.05) is 0 Å². The summed E-state index contributed by atoms with van der Waals surface area (Å²) in [5.41, 5.74) is -0.473. The number of fused-ring (bicyclic) bond motifs is 3. The molecule has 1 aromatic rings. The lowest BCUT2D eigenvalue weighted by Crippen LogP contribution is -2.58. The molecule has 9 heteroatoms. The van der Waals surface area contributed by atoms with Gasteiger partial charge in [0.2, 0.25) is 5.91 Å². The standard InChI is InChI=1S/C31H43FN2O6/c1-30(11-4-12-30)17-33-28(36)25-18-5-7-19(8-6-18)26(25)34-27(35)21-15-24(22(32)16-23(21)39-3)40-20-9-13-31(2,14-10-20)29(37)38/h15-16,18-20,25-26H,4-14,17H2,1-3H3,(H,33,36)(H,34,35)(H,37,38). The molecule has 2 atom stereocenters. The summed E-state index contributed by atoms with van der Waals surface area (Å²) in [6, 6.07) is 2.24. The number of carbonyl (C=O) groups is 3. The second-order valence-electron chi connectivity index (χ2n) is 13.2. The van der Waals surface area contributed by atoms with Crippen LogP contribution in [0.4, 0.5) is 4.39 Å². The van der Waals surface area contributed by atoms with Crippen molar-refractivity contribution in [2.24, 2.45) is 28.6 Å². The van der Waals surface area contributed by atoms with Gasteiger partial charge in [0.15, 0.2) is 11.6 Å². The number of benzene rings is 1. The van der Waals surface area contributed by atoms with Gasteiger partial charge >= 0.3 is 5.97 Å². The quantitative estimate of drug-likeness (QED) is 0.389. The molecule has 2 bridgehead atoms. The van der Waals surface area contributed by atoms with E-state index in [0.29, 0.717) is 32.2 Å². The molecule has 5 aliphatic rings. The molecule has 5 aliphatic carbocycles. The summed E-state index contributed by atoms with van der Waals surface area (Å²) in [6.45, 7) is 4.60. The summed E-state index contributed by atoms with van der Waals surface area (Å²) >= 11 is 0. The van der Waals surface area contributed by atoms with Gasteiger partial charge in [0.25, 0.3) is 5.91 Å². The average molecular weight is 559 g/mol. The first-order chi connectivity index (χ1) is 19.0. The average Bonchev–Trinajstić information content (AvgIpc) is 2.93. The predicted molar refractivity (Wildman–Crippen MR) is 147 cm³/mol. The fourth-order valence-electron chi connectivity index (χ4n) is 7.35. The number of hydrogen-bond donors (Lipinski definition) is 3. The van der Waals surface area contributed by atoms with Crippen molar-refractivity contribution in [2.75, 3.05) is 13.7 Å². The summed E-state index contributed by atoms with van der Waals surface area (Å²) in [5.74, 6) is -1.64. The van der Waals surface area contributed by atoms with Crippen LogP contribution >= 0.6 is 0 Å². The molecule has 40 heavy (non-hydrogen) atoms. The minimum atomic E-state index is -0.832. The highest BCUT2D eigenvalue weighted by atomic mass is 19.1. The zero-order chi connectivity index (χ0) is 28.7. The van der Waals surface area contributed by atoms with Gasteiger partial charge in [0.05, 0.1) is 30.1 Å². The van der Waals surface area contributed by atoms with Crippen LogP contribution in [0.15, 0.2) is 12.1 Å². The molecule has 0 aliphatic heterocycles. The van der Waals surface area contributed by atoms with Crippen molar-refractivity contribution in [3.63, 3.8) is 0 Å². The minimum Gasteiger partial charge on any atom is -0.496 e. The van der Waals surface area contributed by atoms with E-state index >= 15 is 0 Å². The lowest BCUT2D eigenvalue weighted by atomic mass is 9.61. The first-order valence-corrected chi connectivity index (χ1v) is 14.9. The first-order valence-electron chi connectivity index (χ1n) is 14.9. The maximum absolute atomic E-state index is 15.0. The normalized spacial score (nSPS) is 32.5. The zero-order valence-electron chi connectivity index (χ0n) is 23.9. The van der Waals surface area contributed by atoms with Crippen LogP contribution in [0.1, 0.15) is 94.8 Å². The molecule has 0 radical (unpaired) electrons. The Morgan fingerprint density at radius 1 is 0.975 bits per heavy atom. The topological polar surface area (TPSA) is 114 Å². The van der Waals surface area contributed by atoms with Crippen LogP contribution in [0, 0.1) is 34.4 Å². The van der Waals surface area contributed by atoms with Gasteiger partial charge in [-0.3, -0.25) is 14.4 Å². The van der Waals surface area contributed by atoms with E-state index in [1.54, 1.807) is 6.92 Å². The Balaban J connectivity index is 1.30. The Labute approximate surface area is 235 Å². The number of methoxy groups -OCH3 is 1. The number of ether oxygens (including phenoxy) is 2. The van der Waals surface area contributed by atoms with Crippen molar-refractivity contribution >= 4 is 17.8 Å². The van der Waals surface area contributed by atoms with E-state index in [-0.39, 0.29) is 58.3 Å². The number of hydrogen-bond acceptors (Lipinski definition) is 5. The number of amides is 2. The maximum Gasteiger partial charge on any atom is 0.309 e. The third-order valence-corrected chi connectivity index (χ3v) is 10.4. The van der Waals surface area contributed by atoms with Gasteiger partial charge in [-0.1, -0.05) is 13.3 Å². The first kappa shape index (κ1) is 28.7. The molecular weight excluding hydrogens is 515 g/mol. The van der Waals surface area contributed by atoms with Gasteiger partial charge in [-0.2, -0.15) is 0 Å². The van der Waals surface area contributed by atoms with Crippen molar-refractivity contribution in [1.82, 2.24) is 10.6 Å². The summed E-state index contributed by atoms with van der Waals surface area (Å²) in [4.78, 5) is 38.7. The molecule has 0 saturated heterocycles. The van der Waals surface area contributed by atoms with Gasteiger partial charge < -0.3 is 25.2 Å². The molecular formula is C31H43FN2O6. The summed E-state index contributed by atoms with van der Waals surface area (Å²) in [5, 5.41) is 15.8. The SMILES string of the molecule is COc1cc(F)c(OC2CCC(C)(C(=O)O)CC2)cc1C(=O)NC1C2CCC(CC2)C1C(=O)NCC1(C)CCC1. The maximum atomic E-state index is 15.0. The number of carboxylic acid groups (broad SMARTS) is 1. The van der Waals surface area contributed by atoms with Gasteiger partial charge in [-0.15, -0.1) is 0 Å². The molecule has 0 aromatic heterocycles. The summed E-state index contributed by atoms with van der Waals surface area (Å²) in [7, 11) is 1.39. The van der Waals surface area contributed by atoms with Crippen LogP contribution in [0.5, 0.6) is 11.5 Å². The number of carboxylic acids is 1. The molecule has 1 aromatic carbocycles. The number of nitrogens with one attached hydrogen (secondary N) is 2. The second kappa shape index (κ2) is 11.2. The minimum absolute atomic E-state index is 0.0218. The van der Waals surface area contributed by atoms with Gasteiger partial charge in [-0.05, 0) is 94.4 Å². The predicted octanol–water partition coefficient (Wildman–Crippen LogP) is 5.09. The van der Waals surface area contributed by atoms with Crippen LogP contribution in [-0.4, -0.2) is 48.7 Å². The number of carbonyl (C=O) groups excluding carboxylic acids is 2. The van der Waals surface area contributed by atoms with Crippen LogP contribution in [-0.2, 0) is 9.59 Å². The fraction of sp³-hybridized carbons (Fsp3) is 0.710. The highest BCUT2D eigenvalue weighted by Gasteiger charge is 2.48. The Morgan fingerprint density at radius 3 is 2.20 bits per heavy atom. The van der Waals surface area contributed by atoms with Gasteiger partial charge in [0, 0.05) is 18.7 Å². The molecule has 5 fully saturated rings. The molecule has 8 nitrogen and oxygen atoms in total. The summed E-state index contributed by atoms with van der Waals surface area (Å²) < 4.78 is 26.3. The summed E-state index contributed by atoms with van der Waals surface area (Å²) in [6.07, 6.45) is 8.88. The largest absolute Gasteiger partial charge is 0.496 e. The van der Waals surface area contributed by atoms with E-state index in [9.17, 15) is 23.9 Å². The van der Waals surface area contributed by atoms with Crippen LogP contribution in [0.25, 0.3) is 0 Å². The monoisotopic (exact) mass is 558 g/mol. The smallest absolute Gasteiger partial charge is 0.309 e. The highest BCUT2D eigenvalue weighted by molar-refractivity contribution is 5.98. The molecule has 0 heterocycles. The van der Waals surface area contributed by atoms with E-state index in [1.165, 1.54) is 19.6 Å². The van der Waals surface area contributed by atoms with Crippen LogP contribution in [0.3, 0.4) is 0 Å². The van der Waals surface area contributed by atoms with Crippen LogP contribution in [0.2, 0.25) is 0 Å². The molecule has 3 N–H and O–H groups in total. The van der Waals surface area contributed by atoms with Crippen molar-refractivity contribution < 1.29 is 33.4 Å². The van der Waals surface area contributed by atoms with Crippen molar-refractivity contribution in [3.05, 3.63) is 23.5 Å². The second-order valence-corrected chi connectivity index (χ2v) is 13.2. The van der Waals surface area contributed by atoms with Crippen molar-refractivity contribution in [1.29, 1.82) is 0 Å². The third kappa shape index (κ3) is 5.66. The van der Waals surface area contributed by atoms with Gasteiger partial charge in [-0.25, -0.2) is 4.39 Å². The number of aliphatic carboxylic acids is 1. The van der Waals surface area contributed by atoms with E-state index < -0.39 is 23.1 Å². The lowest BCUT2D eigenvalue weighted by Gasteiger charge is -2.48. The van der Waals surface area contributed by atoms with Crippen molar-refractivity contribution in [3.8, 4) is 11.5 Å². The highest BCUT2D eigenvalue weighted by Crippen LogP contribution is 2.46. The Morgan fingerprint density at radius 2 is 1.62 bits per heavy atom. The Hall–Kier alpha value is -2.84. The number of rotatable bonds is 9. The van der Waals surface area contributed by atoms with Gasteiger partial charge in [0.1, 0.15) is 5.75 Å². The molecule has 2 amide bonds. The Kier molecular flexibility index (Phi) is 8.03. The van der Waals surface area contributed by atoms with Crippen molar-refractivity contribution in [2.45, 2.75) is 96.6 Å². The zero-order valence-corrected chi connectivity index (χ0v) is 23.9.